The first kappa shape index (κ1) is 14.8. The highest BCUT2D eigenvalue weighted by atomic mass is 16.2. The minimum Gasteiger partial charge on any atom is -0.299 e. The predicted molar refractivity (Wildman–Crippen MR) is 82.3 cm³/mol. The van der Waals surface area contributed by atoms with Gasteiger partial charge in [0.05, 0.1) is 5.92 Å². The second-order valence-corrected chi connectivity index (χ2v) is 6.42. The average molecular weight is 300 g/mol. The summed E-state index contributed by atoms with van der Waals surface area (Å²) in [6, 6.07) is 7.07. The number of hydrogen-bond acceptors (Lipinski definition) is 3. The summed E-state index contributed by atoms with van der Waals surface area (Å²) in [5.41, 5.74) is 1.80. The number of piperidine rings is 1. The van der Waals surface area contributed by atoms with Crippen LogP contribution >= 0.6 is 0 Å². The number of nitrogens with one attached hydrogen (secondary N) is 1. The van der Waals surface area contributed by atoms with Gasteiger partial charge in [-0.2, -0.15) is 0 Å². The van der Waals surface area contributed by atoms with Crippen molar-refractivity contribution >= 4 is 23.4 Å². The Morgan fingerprint density at radius 1 is 1.23 bits per heavy atom. The van der Waals surface area contributed by atoms with Gasteiger partial charge in [0.2, 0.25) is 17.7 Å². The molecule has 22 heavy (non-hydrogen) atoms. The summed E-state index contributed by atoms with van der Waals surface area (Å²) in [5.74, 6) is -0.459. The van der Waals surface area contributed by atoms with E-state index in [2.05, 4.69) is 19.2 Å². The number of nitrogens with zero attached hydrogens (tertiary/aromatic N) is 1. The van der Waals surface area contributed by atoms with Gasteiger partial charge in [-0.05, 0) is 30.4 Å². The largest absolute Gasteiger partial charge is 0.299 e. The van der Waals surface area contributed by atoms with Gasteiger partial charge in [0.1, 0.15) is 6.04 Å². The number of imide groups is 1. The SMILES string of the molecule is CC(C)CC1C(=O)N(C2CCC(=O)NC2=O)c2ccccc21. The maximum Gasteiger partial charge on any atom is 0.249 e. The molecule has 5 heteroatoms. The Morgan fingerprint density at radius 3 is 2.64 bits per heavy atom. The summed E-state index contributed by atoms with van der Waals surface area (Å²) < 4.78 is 0. The van der Waals surface area contributed by atoms with Crippen molar-refractivity contribution in [1.82, 2.24) is 5.32 Å². The Kier molecular flexibility index (Phi) is 3.72. The lowest BCUT2D eigenvalue weighted by atomic mass is 9.91. The van der Waals surface area contributed by atoms with Gasteiger partial charge in [0, 0.05) is 12.1 Å². The molecule has 2 heterocycles. The van der Waals surface area contributed by atoms with Crippen LogP contribution in [0.1, 0.15) is 44.6 Å². The summed E-state index contributed by atoms with van der Waals surface area (Å²) in [6.45, 7) is 4.18. The van der Waals surface area contributed by atoms with Crippen molar-refractivity contribution in [2.24, 2.45) is 5.92 Å². The quantitative estimate of drug-likeness (QED) is 0.868. The number of para-hydroxylation sites is 1. The standard InChI is InChI=1S/C17H20N2O3/c1-10(2)9-12-11-5-3-4-6-13(11)19(17(12)22)14-7-8-15(20)18-16(14)21/h3-6,10,12,14H,7-9H2,1-2H3,(H,18,20,21). The molecule has 0 saturated carbocycles. The molecule has 1 aromatic rings. The lowest BCUT2D eigenvalue weighted by Crippen LogP contribution is -2.54. The number of anilines is 1. The van der Waals surface area contributed by atoms with Crippen LogP contribution in [0.15, 0.2) is 24.3 Å². The van der Waals surface area contributed by atoms with E-state index in [0.717, 1.165) is 17.7 Å². The van der Waals surface area contributed by atoms with E-state index in [4.69, 9.17) is 0 Å². The number of rotatable bonds is 3. The molecule has 0 bridgehead atoms. The number of carbonyl (C=O) groups is 3. The van der Waals surface area contributed by atoms with Crippen LogP contribution in [0.25, 0.3) is 0 Å². The highest BCUT2D eigenvalue weighted by molar-refractivity contribution is 6.12. The van der Waals surface area contributed by atoms with E-state index in [0.29, 0.717) is 12.3 Å². The van der Waals surface area contributed by atoms with Crippen molar-refractivity contribution in [3.05, 3.63) is 29.8 Å². The van der Waals surface area contributed by atoms with Gasteiger partial charge in [-0.25, -0.2) is 0 Å². The topological polar surface area (TPSA) is 66.5 Å². The predicted octanol–water partition coefficient (Wildman–Crippen LogP) is 1.97. The molecule has 116 valence electrons. The fourth-order valence-electron chi connectivity index (χ4n) is 3.37. The molecule has 3 rings (SSSR count). The highest BCUT2D eigenvalue weighted by Crippen LogP contribution is 2.42. The maximum absolute atomic E-state index is 12.9. The fourth-order valence-corrected chi connectivity index (χ4v) is 3.37. The molecule has 2 aliphatic rings. The van der Waals surface area contributed by atoms with E-state index in [9.17, 15) is 14.4 Å². The second-order valence-electron chi connectivity index (χ2n) is 6.42. The van der Waals surface area contributed by atoms with E-state index in [1.807, 2.05) is 24.3 Å². The summed E-state index contributed by atoms with van der Waals surface area (Å²) in [6.07, 6.45) is 1.43. The van der Waals surface area contributed by atoms with Crippen LogP contribution in [0.2, 0.25) is 0 Å². The third kappa shape index (κ3) is 2.40. The van der Waals surface area contributed by atoms with Gasteiger partial charge < -0.3 is 0 Å². The number of carbonyl (C=O) groups excluding carboxylic acids is 3. The molecule has 3 amide bonds. The van der Waals surface area contributed by atoms with E-state index in [1.54, 1.807) is 4.90 Å². The normalized spacial score (nSPS) is 24.7. The first-order valence-electron chi connectivity index (χ1n) is 7.74. The molecule has 1 N–H and O–H groups in total. The maximum atomic E-state index is 12.9. The molecule has 1 fully saturated rings. The molecule has 0 aliphatic carbocycles. The smallest absolute Gasteiger partial charge is 0.249 e. The Hall–Kier alpha value is -2.17. The summed E-state index contributed by atoms with van der Waals surface area (Å²) in [5, 5.41) is 2.34. The molecule has 1 saturated heterocycles. The molecule has 5 nitrogen and oxygen atoms in total. The second kappa shape index (κ2) is 5.55. The number of fused-ring (bicyclic) bond motifs is 1. The summed E-state index contributed by atoms with van der Waals surface area (Å²) in [4.78, 5) is 38.0. The molecule has 2 unspecified atom stereocenters. The van der Waals surface area contributed by atoms with E-state index in [-0.39, 0.29) is 30.1 Å². The Morgan fingerprint density at radius 2 is 1.95 bits per heavy atom. The van der Waals surface area contributed by atoms with Crippen molar-refractivity contribution in [1.29, 1.82) is 0 Å². The Bertz CT molecular complexity index is 639. The molecule has 2 aliphatic heterocycles. The Labute approximate surface area is 129 Å². The van der Waals surface area contributed by atoms with Crippen LogP contribution in [0.4, 0.5) is 5.69 Å². The molecule has 0 radical (unpaired) electrons. The van der Waals surface area contributed by atoms with Crippen LogP contribution in [0, 0.1) is 5.92 Å². The van der Waals surface area contributed by atoms with Crippen LogP contribution in [0.3, 0.4) is 0 Å². The van der Waals surface area contributed by atoms with Gasteiger partial charge in [-0.1, -0.05) is 32.0 Å². The van der Waals surface area contributed by atoms with Gasteiger partial charge in [0.25, 0.3) is 0 Å². The Balaban J connectivity index is 1.97. The zero-order valence-electron chi connectivity index (χ0n) is 12.8. The minimum atomic E-state index is -0.580. The van der Waals surface area contributed by atoms with Crippen molar-refractivity contribution in [3.8, 4) is 0 Å². The third-order valence-corrected chi connectivity index (χ3v) is 4.34. The third-order valence-electron chi connectivity index (χ3n) is 4.34. The van der Waals surface area contributed by atoms with Crippen molar-refractivity contribution in [3.63, 3.8) is 0 Å². The van der Waals surface area contributed by atoms with Crippen LogP contribution in [-0.4, -0.2) is 23.8 Å². The molecule has 0 spiro atoms. The van der Waals surface area contributed by atoms with Gasteiger partial charge in [-0.3, -0.25) is 24.6 Å². The monoisotopic (exact) mass is 300 g/mol. The zero-order chi connectivity index (χ0) is 15.9. The summed E-state index contributed by atoms with van der Waals surface area (Å²) in [7, 11) is 0. The molecule has 0 aromatic heterocycles. The van der Waals surface area contributed by atoms with Crippen molar-refractivity contribution < 1.29 is 14.4 Å². The lowest BCUT2D eigenvalue weighted by Gasteiger charge is -2.30. The van der Waals surface area contributed by atoms with E-state index < -0.39 is 6.04 Å². The van der Waals surface area contributed by atoms with Crippen LogP contribution in [0.5, 0.6) is 0 Å². The number of amides is 3. The van der Waals surface area contributed by atoms with Gasteiger partial charge in [-0.15, -0.1) is 0 Å². The lowest BCUT2D eigenvalue weighted by molar-refractivity contribution is -0.135. The first-order valence-corrected chi connectivity index (χ1v) is 7.74. The summed E-state index contributed by atoms with van der Waals surface area (Å²) >= 11 is 0. The molecule has 2 atom stereocenters. The van der Waals surface area contributed by atoms with Crippen molar-refractivity contribution in [2.45, 2.75) is 45.1 Å². The van der Waals surface area contributed by atoms with E-state index in [1.165, 1.54) is 0 Å². The first-order chi connectivity index (χ1) is 10.5. The van der Waals surface area contributed by atoms with Crippen molar-refractivity contribution in [2.75, 3.05) is 4.90 Å². The molecular formula is C17H20N2O3. The van der Waals surface area contributed by atoms with Gasteiger partial charge >= 0.3 is 0 Å². The van der Waals surface area contributed by atoms with Crippen LogP contribution < -0.4 is 10.2 Å². The van der Waals surface area contributed by atoms with Gasteiger partial charge in [0.15, 0.2) is 0 Å². The zero-order valence-corrected chi connectivity index (χ0v) is 12.8. The molecule has 1 aromatic carbocycles. The average Bonchev–Trinajstić information content (AvgIpc) is 2.72. The highest BCUT2D eigenvalue weighted by Gasteiger charge is 2.44. The minimum absolute atomic E-state index is 0.0237. The fraction of sp³-hybridized carbons (Fsp3) is 0.471. The molecular weight excluding hydrogens is 280 g/mol. The number of hydrogen-bond donors (Lipinski definition) is 1. The number of benzene rings is 1. The van der Waals surface area contributed by atoms with Crippen LogP contribution in [-0.2, 0) is 14.4 Å². The van der Waals surface area contributed by atoms with E-state index >= 15 is 0 Å².